The molecule has 3 N–H and O–H groups in total. The van der Waals surface area contributed by atoms with Crippen LogP contribution in [0.15, 0.2) is 11.8 Å². The van der Waals surface area contributed by atoms with Crippen LogP contribution >= 0.6 is 0 Å². The second-order valence-corrected chi connectivity index (χ2v) is 17.3. The minimum atomic E-state index is -3.33. The second-order valence-electron chi connectivity index (χ2n) is 13.8. The van der Waals surface area contributed by atoms with Gasteiger partial charge in [0.25, 0.3) is 0 Å². The number of carbonyl (C=O) groups is 1. The SMILES string of the molecule is C1CCNC1.CC1CCC=C(N2CCCC2)C1.CC1CCCC(=O)C1.CC1CCCC(N2CCCC2)C1.O=[S](O)(=[Mg])OO. The Bertz CT molecular complexity index is 879. The van der Waals surface area contributed by atoms with E-state index in [-0.39, 0.29) is 0 Å². The van der Waals surface area contributed by atoms with Gasteiger partial charge in [-0.2, -0.15) is 0 Å². The molecule has 2 saturated carbocycles. The zero-order valence-electron chi connectivity index (χ0n) is 27.8. The van der Waals surface area contributed by atoms with Crippen molar-refractivity contribution >= 4 is 32.9 Å². The first kappa shape index (κ1) is 39.1. The molecule has 0 bridgehead atoms. The number of hydrogen-bond donors (Lipinski definition) is 3. The van der Waals surface area contributed by atoms with Crippen LogP contribution in [0.2, 0.25) is 0 Å². The average Bonchev–Trinajstić information content (AvgIpc) is 3.79. The van der Waals surface area contributed by atoms with Crippen molar-refractivity contribution < 1.29 is 23.1 Å². The molecule has 3 aliphatic carbocycles. The molecule has 0 aromatic carbocycles. The normalized spacial score (nSPS) is 30.6. The molecule has 0 aromatic rings. The molecule has 0 radical (unpaired) electrons. The van der Waals surface area contributed by atoms with E-state index < -0.39 is 7.32 Å². The first-order valence-corrected chi connectivity index (χ1v) is 20.7. The maximum atomic E-state index is 10.7. The van der Waals surface area contributed by atoms with Crippen LogP contribution in [0, 0.1) is 17.8 Å². The maximum absolute atomic E-state index is 10.7. The Morgan fingerprint density at radius 2 is 1.42 bits per heavy atom. The Balaban J connectivity index is 0.000000196. The van der Waals surface area contributed by atoms with E-state index in [1.54, 1.807) is 5.70 Å². The van der Waals surface area contributed by atoms with Crippen LogP contribution in [-0.4, -0.2) is 94.7 Å². The zero-order valence-corrected chi connectivity index (χ0v) is 30.0. The molecule has 6 rings (SSSR count). The number of allylic oxidation sites excluding steroid dienone is 2. The van der Waals surface area contributed by atoms with Crippen LogP contribution in [0.1, 0.15) is 130 Å². The molecule has 43 heavy (non-hydrogen) atoms. The van der Waals surface area contributed by atoms with E-state index in [1.165, 1.54) is 129 Å². The van der Waals surface area contributed by atoms with Crippen molar-refractivity contribution in [2.75, 3.05) is 39.3 Å². The van der Waals surface area contributed by atoms with Gasteiger partial charge in [0.05, 0.1) is 0 Å². The number of nitrogens with zero attached hydrogens (tertiary/aromatic N) is 2. The van der Waals surface area contributed by atoms with Gasteiger partial charge >= 0.3 is 45.5 Å². The van der Waals surface area contributed by atoms with Gasteiger partial charge in [0, 0.05) is 37.7 Å². The van der Waals surface area contributed by atoms with Crippen LogP contribution < -0.4 is 5.32 Å². The molecule has 5 fully saturated rings. The van der Waals surface area contributed by atoms with Crippen molar-refractivity contribution in [1.29, 1.82) is 0 Å². The first-order valence-electron chi connectivity index (χ1n) is 17.4. The van der Waals surface area contributed by atoms with Gasteiger partial charge in [-0.25, -0.2) is 0 Å². The summed E-state index contributed by atoms with van der Waals surface area (Å²) < 4.78 is 20.6. The molecule has 0 amide bonds. The third-order valence-corrected chi connectivity index (χ3v) is 10.0. The van der Waals surface area contributed by atoms with E-state index in [2.05, 4.69) is 46.3 Å². The number of Topliss-reactive ketones (excluding diaryl/α,β-unsaturated/α-hetero) is 1. The Morgan fingerprint density at radius 1 is 0.837 bits per heavy atom. The third-order valence-electron chi connectivity index (χ3n) is 9.48. The molecule has 10 heteroatoms. The van der Waals surface area contributed by atoms with Crippen molar-refractivity contribution in [1.82, 2.24) is 15.1 Å². The molecule has 248 valence electrons. The fourth-order valence-corrected chi connectivity index (χ4v) is 7.05. The monoisotopic (exact) mass is 637 g/mol. The van der Waals surface area contributed by atoms with Crippen LogP contribution in [0.4, 0.5) is 0 Å². The average molecular weight is 638 g/mol. The van der Waals surface area contributed by atoms with Crippen LogP contribution in [0.25, 0.3) is 0 Å². The fraction of sp³-hybridized carbons (Fsp3) is 0.909. The number of carbonyl (C=O) groups excluding carboxylic acids is 1. The second kappa shape index (κ2) is 22.5. The topological polar surface area (TPSA) is 102 Å². The van der Waals surface area contributed by atoms with E-state index in [0.29, 0.717) is 31.5 Å². The number of rotatable bonds is 3. The summed E-state index contributed by atoms with van der Waals surface area (Å²) in [5.41, 5.74) is 1.64. The Kier molecular flexibility index (Phi) is 20.4. The van der Waals surface area contributed by atoms with Gasteiger partial charge in [-0.3, -0.25) is 4.79 Å². The molecule has 5 unspecified atom stereocenters. The molecule has 3 heterocycles. The summed E-state index contributed by atoms with van der Waals surface area (Å²) in [7, 11) is -3.33. The summed E-state index contributed by atoms with van der Waals surface area (Å²) in [5.74, 6) is 3.04. The fourth-order valence-electron chi connectivity index (χ4n) is 7.05. The summed E-state index contributed by atoms with van der Waals surface area (Å²) in [4.78, 5) is 16.0. The Hall–Kier alpha value is -0.0738. The van der Waals surface area contributed by atoms with Gasteiger partial charge in [0.1, 0.15) is 5.78 Å². The summed E-state index contributed by atoms with van der Waals surface area (Å²) in [6, 6.07) is 0.955. The molecule has 3 aliphatic heterocycles. The van der Waals surface area contributed by atoms with Crippen molar-refractivity contribution in [3.63, 3.8) is 0 Å². The molecule has 0 spiro atoms. The predicted octanol–water partition coefficient (Wildman–Crippen LogP) is 6.81. The quantitative estimate of drug-likeness (QED) is 0.176. The van der Waals surface area contributed by atoms with Gasteiger partial charge in [-0.15, -0.1) is 0 Å². The summed E-state index contributed by atoms with van der Waals surface area (Å²) in [6.07, 6.45) is 25.0. The summed E-state index contributed by atoms with van der Waals surface area (Å²) in [6.45, 7) is 14.9. The van der Waals surface area contributed by atoms with Crippen molar-refractivity contribution in [3.05, 3.63) is 11.8 Å². The number of likely N-dealkylation sites (tertiary alicyclic amines) is 2. The zero-order chi connectivity index (χ0) is 31.5. The Labute approximate surface area is 274 Å². The minimum absolute atomic E-state index is 0.462. The molecular weight excluding hydrogens is 575 g/mol. The van der Waals surface area contributed by atoms with Gasteiger partial charge in [0.15, 0.2) is 0 Å². The van der Waals surface area contributed by atoms with Gasteiger partial charge in [0.2, 0.25) is 0 Å². The number of nitrogens with one attached hydrogen (secondary N) is 1. The standard InChI is InChI=1S/C11H21N.C11H19N.C7H12O.C4H9N.Mg.H2O4S/c2*1-10-5-4-6-11(9-10)12-7-2-3-8-12;1-6-3-2-4-7(8)5-6;1-2-4-5-3-1;;1-4-5(2)3/h10-11H,2-9H2,1H3;6,10H,2-5,7-9H2,1H3;6H,2-5H2,1H3;5H,1-4H2;;1H,(H,2,3). The van der Waals surface area contributed by atoms with E-state index in [9.17, 15) is 9.00 Å². The van der Waals surface area contributed by atoms with E-state index >= 15 is 0 Å². The van der Waals surface area contributed by atoms with Gasteiger partial charge in [-0.05, 0) is 127 Å². The van der Waals surface area contributed by atoms with E-state index in [0.717, 1.165) is 37.1 Å². The first-order chi connectivity index (χ1) is 20.6. The molecular formula is C33H63MgN3O5S. The van der Waals surface area contributed by atoms with Gasteiger partial charge < -0.3 is 15.1 Å². The van der Waals surface area contributed by atoms with Crippen LogP contribution in [0.3, 0.4) is 0 Å². The van der Waals surface area contributed by atoms with Crippen LogP contribution in [-0.2, 0) is 16.4 Å². The van der Waals surface area contributed by atoms with Crippen molar-refractivity contribution in [3.8, 4) is 0 Å². The van der Waals surface area contributed by atoms with Gasteiger partial charge in [-0.1, -0.05) is 39.7 Å². The van der Waals surface area contributed by atoms with Crippen molar-refractivity contribution in [2.24, 2.45) is 17.8 Å². The number of ketones is 1. The molecule has 8 nitrogen and oxygen atoms in total. The predicted molar refractivity (Wildman–Crippen MR) is 179 cm³/mol. The number of hydrogen-bond acceptors (Lipinski definition) is 7. The van der Waals surface area contributed by atoms with E-state index in [4.69, 9.17) is 9.81 Å². The molecule has 5 atom stereocenters. The van der Waals surface area contributed by atoms with Crippen LogP contribution in [0.5, 0.6) is 0 Å². The third kappa shape index (κ3) is 18.6. The summed E-state index contributed by atoms with van der Waals surface area (Å²) >= 11 is 0.671. The molecule has 3 saturated heterocycles. The molecule has 0 aromatic heterocycles. The Morgan fingerprint density at radius 3 is 1.88 bits per heavy atom. The summed E-state index contributed by atoms with van der Waals surface area (Å²) in [5, 5.41) is 10.6. The molecule has 6 aliphatic rings. The van der Waals surface area contributed by atoms with Crippen molar-refractivity contribution in [2.45, 2.75) is 136 Å². The van der Waals surface area contributed by atoms with E-state index in [1.807, 2.05) is 0 Å².